The molecule has 2 aromatic carbocycles. The van der Waals surface area contributed by atoms with E-state index in [2.05, 4.69) is 20.7 Å². The number of nitrogen functional groups attached to an aromatic ring is 1. The molecule has 9 heteroatoms. The van der Waals surface area contributed by atoms with Crippen molar-refractivity contribution in [3.05, 3.63) is 57.1 Å². The minimum Gasteiger partial charge on any atom is -0.399 e. The number of nitro benzene ring substituents is 1. The minimum atomic E-state index is -4.11. The van der Waals surface area contributed by atoms with Crippen LogP contribution in [0, 0.1) is 10.1 Å². The highest BCUT2D eigenvalue weighted by molar-refractivity contribution is 9.10. The molecule has 7 nitrogen and oxygen atoms in total. The summed E-state index contributed by atoms with van der Waals surface area (Å²) in [5.74, 6) is 0. The molecule has 3 N–H and O–H groups in total. The molecule has 21 heavy (non-hydrogen) atoms. The van der Waals surface area contributed by atoms with E-state index < -0.39 is 25.5 Å². The number of nitrogens with zero attached hydrogens (tertiary/aromatic N) is 1. The van der Waals surface area contributed by atoms with Crippen LogP contribution in [0.2, 0.25) is 0 Å². The Labute approximate surface area is 129 Å². The molecule has 0 fully saturated rings. The Morgan fingerprint density at radius 1 is 1.14 bits per heavy atom. The summed E-state index contributed by atoms with van der Waals surface area (Å²) >= 11 is 3.23. The van der Waals surface area contributed by atoms with Gasteiger partial charge in [-0.05, 0) is 36.4 Å². The van der Waals surface area contributed by atoms with Gasteiger partial charge in [-0.1, -0.05) is 15.9 Å². The predicted molar refractivity (Wildman–Crippen MR) is 82.5 cm³/mol. The van der Waals surface area contributed by atoms with Crippen LogP contribution in [0.25, 0.3) is 0 Å². The molecule has 0 aliphatic heterocycles. The molecule has 0 radical (unpaired) electrons. The molecule has 0 saturated heterocycles. The van der Waals surface area contributed by atoms with Crippen molar-refractivity contribution >= 4 is 43.0 Å². The standard InChI is InChI=1S/C12H10BrN3O4S/c13-8-1-4-10(5-2-8)15-21(19,20)12-7-9(14)3-6-11(12)16(17)18/h1-7,15H,14H2. The summed E-state index contributed by atoms with van der Waals surface area (Å²) in [7, 11) is -4.11. The molecule has 0 amide bonds. The number of benzene rings is 2. The quantitative estimate of drug-likeness (QED) is 0.486. The van der Waals surface area contributed by atoms with E-state index in [0.29, 0.717) is 0 Å². The second-order valence-corrected chi connectivity index (χ2v) is 6.66. The number of nitrogens with one attached hydrogen (secondary N) is 1. The third-order valence-electron chi connectivity index (χ3n) is 2.57. The monoisotopic (exact) mass is 371 g/mol. The summed E-state index contributed by atoms with van der Waals surface area (Å²) in [4.78, 5) is 9.70. The van der Waals surface area contributed by atoms with Gasteiger partial charge in [0.2, 0.25) is 0 Å². The van der Waals surface area contributed by atoms with Crippen LogP contribution in [-0.4, -0.2) is 13.3 Å². The van der Waals surface area contributed by atoms with Crippen molar-refractivity contribution in [3.63, 3.8) is 0 Å². The highest BCUT2D eigenvalue weighted by atomic mass is 79.9. The van der Waals surface area contributed by atoms with Gasteiger partial charge in [0.25, 0.3) is 15.7 Å². The molecule has 0 aliphatic carbocycles. The number of nitro groups is 1. The van der Waals surface area contributed by atoms with Crippen molar-refractivity contribution in [2.75, 3.05) is 10.5 Å². The Bertz CT molecular complexity index is 791. The number of hydrogen-bond acceptors (Lipinski definition) is 5. The topological polar surface area (TPSA) is 115 Å². The molecule has 2 aromatic rings. The summed E-state index contributed by atoms with van der Waals surface area (Å²) in [5, 5.41) is 10.9. The Morgan fingerprint density at radius 3 is 2.33 bits per heavy atom. The number of nitrogens with two attached hydrogens (primary N) is 1. The fourth-order valence-electron chi connectivity index (χ4n) is 1.62. The highest BCUT2D eigenvalue weighted by Gasteiger charge is 2.26. The maximum absolute atomic E-state index is 12.3. The molecular weight excluding hydrogens is 362 g/mol. The van der Waals surface area contributed by atoms with Gasteiger partial charge in [0, 0.05) is 21.9 Å². The lowest BCUT2D eigenvalue weighted by Gasteiger charge is -2.09. The van der Waals surface area contributed by atoms with E-state index in [1.807, 2.05) is 0 Å². The van der Waals surface area contributed by atoms with Gasteiger partial charge < -0.3 is 5.73 Å². The summed E-state index contributed by atoms with van der Waals surface area (Å²) in [5.41, 5.74) is 5.39. The van der Waals surface area contributed by atoms with Gasteiger partial charge in [0.1, 0.15) is 0 Å². The van der Waals surface area contributed by atoms with E-state index >= 15 is 0 Å². The first-order valence-corrected chi connectivity index (χ1v) is 7.89. The molecule has 2 rings (SSSR count). The molecule has 0 heterocycles. The Morgan fingerprint density at radius 2 is 1.76 bits per heavy atom. The third kappa shape index (κ3) is 3.50. The smallest absolute Gasteiger partial charge is 0.290 e. The highest BCUT2D eigenvalue weighted by Crippen LogP contribution is 2.28. The molecule has 0 unspecified atom stereocenters. The first-order valence-electron chi connectivity index (χ1n) is 5.62. The van der Waals surface area contributed by atoms with Gasteiger partial charge in [0.05, 0.1) is 4.92 Å². The van der Waals surface area contributed by atoms with E-state index in [1.54, 1.807) is 12.1 Å². The normalized spacial score (nSPS) is 11.1. The zero-order valence-electron chi connectivity index (χ0n) is 10.5. The van der Waals surface area contributed by atoms with Crippen LogP contribution in [0.4, 0.5) is 17.1 Å². The van der Waals surface area contributed by atoms with Gasteiger partial charge >= 0.3 is 0 Å². The summed E-state index contributed by atoms with van der Waals surface area (Å²) in [6.45, 7) is 0. The van der Waals surface area contributed by atoms with Crippen LogP contribution in [0.3, 0.4) is 0 Å². The number of sulfonamides is 1. The average molecular weight is 372 g/mol. The van der Waals surface area contributed by atoms with E-state index in [4.69, 9.17) is 5.73 Å². The lowest BCUT2D eigenvalue weighted by Crippen LogP contribution is -2.15. The first kappa shape index (κ1) is 15.3. The van der Waals surface area contributed by atoms with E-state index in [9.17, 15) is 18.5 Å². The second-order valence-electron chi connectivity index (χ2n) is 4.10. The number of hydrogen-bond donors (Lipinski definition) is 2. The van der Waals surface area contributed by atoms with Gasteiger partial charge in [0.15, 0.2) is 4.90 Å². The third-order valence-corrected chi connectivity index (χ3v) is 4.51. The van der Waals surface area contributed by atoms with Crippen molar-refractivity contribution in [1.29, 1.82) is 0 Å². The number of anilines is 2. The van der Waals surface area contributed by atoms with Crippen LogP contribution in [0.1, 0.15) is 0 Å². The molecular formula is C12H10BrN3O4S. The van der Waals surface area contributed by atoms with Crippen LogP contribution in [-0.2, 0) is 10.0 Å². The maximum Gasteiger partial charge on any atom is 0.290 e. The van der Waals surface area contributed by atoms with Crippen molar-refractivity contribution in [1.82, 2.24) is 0 Å². The van der Waals surface area contributed by atoms with Crippen molar-refractivity contribution < 1.29 is 13.3 Å². The lowest BCUT2D eigenvalue weighted by molar-refractivity contribution is -0.387. The zero-order chi connectivity index (χ0) is 15.6. The average Bonchev–Trinajstić information content (AvgIpc) is 2.41. The van der Waals surface area contributed by atoms with Gasteiger partial charge in [-0.3, -0.25) is 14.8 Å². The Kier molecular flexibility index (Phi) is 4.14. The maximum atomic E-state index is 12.3. The molecule has 110 valence electrons. The van der Waals surface area contributed by atoms with Crippen LogP contribution >= 0.6 is 15.9 Å². The number of rotatable bonds is 4. The fourth-order valence-corrected chi connectivity index (χ4v) is 3.15. The predicted octanol–water partition coefficient (Wildman–Crippen LogP) is 2.74. The van der Waals surface area contributed by atoms with Crippen molar-refractivity contribution in [2.45, 2.75) is 4.90 Å². The van der Waals surface area contributed by atoms with Crippen molar-refractivity contribution in [3.8, 4) is 0 Å². The van der Waals surface area contributed by atoms with Gasteiger partial charge in [-0.25, -0.2) is 8.42 Å². The molecule has 0 aliphatic rings. The molecule has 0 saturated carbocycles. The Hall–Kier alpha value is -2.13. The van der Waals surface area contributed by atoms with E-state index in [-0.39, 0.29) is 11.4 Å². The molecule has 0 atom stereocenters. The fraction of sp³-hybridized carbons (Fsp3) is 0. The van der Waals surface area contributed by atoms with Crippen LogP contribution < -0.4 is 10.5 Å². The van der Waals surface area contributed by atoms with Crippen molar-refractivity contribution in [2.24, 2.45) is 0 Å². The zero-order valence-corrected chi connectivity index (χ0v) is 12.9. The summed E-state index contributed by atoms with van der Waals surface area (Å²) in [6, 6.07) is 9.73. The molecule has 0 aromatic heterocycles. The first-order chi connectivity index (χ1) is 9.79. The van der Waals surface area contributed by atoms with Gasteiger partial charge in [-0.15, -0.1) is 0 Å². The van der Waals surface area contributed by atoms with E-state index in [1.165, 1.54) is 18.2 Å². The Balaban J connectivity index is 2.46. The summed E-state index contributed by atoms with van der Waals surface area (Å²) < 4.78 is 27.6. The van der Waals surface area contributed by atoms with Crippen LogP contribution in [0.15, 0.2) is 51.8 Å². The largest absolute Gasteiger partial charge is 0.399 e. The molecule has 0 bridgehead atoms. The molecule has 0 spiro atoms. The SMILES string of the molecule is Nc1ccc([N+](=O)[O-])c(S(=O)(=O)Nc2ccc(Br)cc2)c1. The summed E-state index contributed by atoms with van der Waals surface area (Å²) in [6.07, 6.45) is 0. The minimum absolute atomic E-state index is 0.122. The van der Waals surface area contributed by atoms with Gasteiger partial charge in [-0.2, -0.15) is 0 Å². The second kappa shape index (κ2) is 5.70. The van der Waals surface area contributed by atoms with Crippen LogP contribution in [0.5, 0.6) is 0 Å². The number of halogens is 1. The van der Waals surface area contributed by atoms with E-state index in [0.717, 1.165) is 16.6 Å². The lowest BCUT2D eigenvalue weighted by atomic mass is 10.3.